The third-order valence-corrected chi connectivity index (χ3v) is 1.31. The fourth-order valence-corrected chi connectivity index (χ4v) is 0.786. The molecule has 0 amide bonds. The molecule has 2 heteroatoms. The number of hydrogen-bond acceptors (Lipinski definition) is 2. The summed E-state index contributed by atoms with van der Waals surface area (Å²) in [7, 11) is 0. The Morgan fingerprint density at radius 3 is 2.62 bits per heavy atom. The third kappa shape index (κ3) is 0.793. The Kier molecular flexibility index (Phi) is 1.44. The van der Waals surface area contributed by atoms with E-state index >= 15 is 0 Å². The van der Waals surface area contributed by atoms with E-state index in [-0.39, 0.29) is 5.78 Å². The van der Waals surface area contributed by atoms with Gasteiger partial charge in [0, 0.05) is 12.1 Å². The van der Waals surface area contributed by atoms with Crippen LogP contribution in [-0.4, -0.2) is 18.9 Å². The first-order valence-corrected chi connectivity index (χ1v) is 2.73. The highest BCUT2D eigenvalue weighted by molar-refractivity contribution is 5.99. The van der Waals surface area contributed by atoms with Crippen molar-refractivity contribution in [1.29, 1.82) is 0 Å². The first-order chi connectivity index (χ1) is 3.84. The number of carbonyl (C=O) groups is 1. The second-order valence-electron chi connectivity index (χ2n) is 1.84. The molecular formula is C6H9NO. The Morgan fingerprint density at radius 2 is 2.38 bits per heavy atom. The number of allylic oxidation sites excluding steroid dienone is 1. The molecule has 1 N–H and O–H groups in total. The van der Waals surface area contributed by atoms with Gasteiger partial charge in [-0.25, -0.2) is 0 Å². The van der Waals surface area contributed by atoms with Crippen LogP contribution in [0.25, 0.3) is 0 Å². The Balaban J connectivity index is 2.69. The van der Waals surface area contributed by atoms with Gasteiger partial charge in [-0.15, -0.1) is 0 Å². The van der Waals surface area contributed by atoms with Crippen molar-refractivity contribution in [3.63, 3.8) is 0 Å². The molecule has 0 atom stereocenters. The van der Waals surface area contributed by atoms with Crippen LogP contribution >= 0.6 is 0 Å². The molecule has 1 heterocycles. The zero-order valence-electron chi connectivity index (χ0n) is 4.90. The molecule has 0 spiro atoms. The minimum Gasteiger partial charge on any atom is -0.305 e. The maximum absolute atomic E-state index is 10.7. The average Bonchev–Trinajstić information content (AvgIpc) is 2.14. The van der Waals surface area contributed by atoms with Crippen LogP contribution in [0.2, 0.25) is 0 Å². The van der Waals surface area contributed by atoms with Crippen molar-refractivity contribution in [3.05, 3.63) is 11.6 Å². The fourth-order valence-electron chi connectivity index (χ4n) is 0.786. The van der Waals surface area contributed by atoms with Crippen LogP contribution in [0.4, 0.5) is 0 Å². The van der Waals surface area contributed by atoms with E-state index in [1.807, 2.05) is 13.0 Å². The minimum absolute atomic E-state index is 0.243. The van der Waals surface area contributed by atoms with Crippen molar-refractivity contribution < 1.29 is 4.79 Å². The second-order valence-corrected chi connectivity index (χ2v) is 1.84. The average molecular weight is 111 g/mol. The Labute approximate surface area is 48.6 Å². The fraction of sp³-hybridized carbons (Fsp3) is 0.500. The number of Topliss-reactive ketones (excluding diaryl/α,β-unsaturated/α-hetero) is 1. The molecule has 1 saturated heterocycles. The van der Waals surface area contributed by atoms with Gasteiger partial charge in [-0.05, 0) is 6.92 Å². The smallest absolute Gasteiger partial charge is 0.173 e. The van der Waals surface area contributed by atoms with E-state index in [2.05, 4.69) is 5.32 Å². The summed E-state index contributed by atoms with van der Waals surface area (Å²) in [4.78, 5) is 10.7. The van der Waals surface area contributed by atoms with Crippen LogP contribution in [0, 0.1) is 0 Å². The first-order valence-electron chi connectivity index (χ1n) is 2.73. The van der Waals surface area contributed by atoms with Gasteiger partial charge in [0.2, 0.25) is 0 Å². The Morgan fingerprint density at radius 1 is 1.62 bits per heavy atom. The Hall–Kier alpha value is -0.630. The summed E-state index contributed by atoms with van der Waals surface area (Å²) in [5.41, 5.74) is 0.921. The van der Waals surface area contributed by atoms with Gasteiger partial charge in [0.1, 0.15) is 0 Å². The van der Waals surface area contributed by atoms with E-state index < -0.39 is 0 Å². The number of rotatable bonds is 0. The zero-order valence-corrected chi connectivity index (χ0v) is 4.90. The van der Waals surface area contributed by atoms with E-state index in [1.54, 1.807) is 0 Å². The molecule has 0 bridgehead atoms. The van der Waals surface area contributed by atoms with Gasteiger partial charge < -0.3 is 5.32 Å². The van der Waals surface area contributed by atoms with Gasteiger partial charge in [-0.1, -0.05) is 6.08 Å². The van der Waals surface area contributed by atoms with Crippen LogP contribution in [0.5, 0.6) is 0 Å². The van der Waals surface area contributed by atoms with E-state index in [0.717, 1.165) is 12.1 Å². The number of ketones is 1. The lowest BCUT2D eigenvalue weighted by molar-refractivity contribution is -0.113. The van der Waals surface area contributed by atoms with Gasteiger partial charge in [0.15, 0.2) is 5.78 Å². The van der Waals surface area contributed by atoms with Crippen LogP contribution < -0.4 is 5.32 Å². The van der Waals surface area contributed by atoms with Crippen molar-refractivity contribution in [1.82, 2.24) is 5.32 Å². The van der Waals surface area contributed by atoms with Crippen molar-refractivity contribution in [2.45, 2.75) is 6.92 Å². The lowest BCUT2D eigenvalue weighted by Gasteiger charge is -1.84. The van der Waals surface area contributed by atoms with E-state index in [0.29, 0.717) is 6.54 Å². The van der Waals surface area contributed by atoms with Gasteiger partial charge in [-0.2, -0.15) is 0 Å². The Bertz CT molecular complexity index is 137. The van der Waals surface area contributed by atoms with Crippen molar-refractivity contribution >= 4 is 5.78 Å². The highest BCUT2D eigenvalue weighted by Gasteiger charge is 2.13. The molecule has 0 aromatic rings. The third-order valence-electron chi connectivity index (χ3n) is 1.31. The summed E-state index contributed by atoms with van der Waals surface area (Å²) >= 11 is 0. The maximum Gasteiger partial charge on any atom is 0.173 e. The number of hydrogen-bond donors (Lipinski definition) is 1. The summed E-state index contributed by atoms with van der Waals surface area (Å²) in [6, 6.07) is 0. The molecule has 8 heavy (non-hydrogen) atoms. The van der Waals surface area contributed by atoms with Crippen LogP contribution in [0.3, 0.4) is 0 Å². The molecule has 2 nitrogen and oxygen atoms in total. The molecule has 0 aliphatic carbocycles. The van der Waals surface area contributed by atoms with Crippen molar-refractivity contribution in [3.8, 4) is 0 Å². The van der Waals surface area contributed by atoms with Crippen LogP contribution in [-0.2, 0) is 4.79 Å². The van der Waals surface area contributed by atoms with Gasteiger partial charge in [-0.3, -0.25) is 4.79 Å². The second kappa shape index (κ2) is 2.09. The van der Waals surface area contributed by atoms with Crippen LogP contribution in [0.15, 0.2) is 11.6 Å². The molecular weight excluding hydrogens is 102 g/mol. The molecule has 0 radical (unpaired) electrons. The maximum atomic E-state index is 10.7. The quantitative estimate of drug-likeness (QED) is 0.449. The normalized spacial score (nSPS) is 25.1. The lowest BCUT2D eigenvalue weighted by Crippen LogP contribution is -2.07. The monoisotopic (exact) mass is 111 g/mol. The molecule has 1 aliphatic rings. The summed E-state index contributed by atoms with van der Waals surface area (Å²) in [6.07, 6.45) is 1.86. The molecule has 44 valence electrons. The molecule has 1 aliphatic heterocycles. The topological polar surface area (TPSA) is 29.1 Å². The number of carbonyl (C=O) groups excluding carboxylic acids is 1. The largest absolute Gasteiger partial charge is 0.305 e. The van der Waals surface area contributed by atoms with Gasteiger partial charge in [0.05, 0.1) is 6.54 Å². The number of nitrogens with one attached hydrogen (secondary N) is 1. The SMILES string of the molecule is C/C=C1\CNCC1=O. The molecule has 0 unspecified atom stereocenters. The molecule has 0 saturated carbocycles. The van der Waals surface area contributed by atoms with Crippen LogP contribution in [0.1, 0.15) is 6.92 Å². The van der Waals surface area contributed by atoms with Gasteiger partial charge in [0.25, 0.3) is 0 Å². The molecule has 1 rings (SSSR count). The zero-order chi connectivity index (χ0) is 5.98. The summed E-state index contributed by atoms with van der Waals surface area (Å²) in [6.45, 7) is 3.18. The predicted molar refractivity (Wildman–Crippen MR) is 31.6 cm³/mol. The standard InChI is InChI=1S/C6H9NO/c1-2-5-3-7-4-6(5)8/h2,7H,3-4H2,1H3/b5-2+. The van der Waals surface area contributed by atoms with E-state index in [4.69, 9.17) is 0 Å². The van der Waals surface area contributed by atoms with Gasteiger partial charge >= 0.3 is 0 Å². The molecule has 1 fully saturated rings. The summed E-state index contributed by atoms with van der Waals surface area (Å²) in [5, 5.41) is 2.96. The first kappa shape index (κ1) is 5.51. The van der Waals surface area contributed by atoms with E-state index in [9.17, 15) is 4.79 Å². The van der Waals surface area contributed by atoms with Crippen molar-refractivity contribution in [2.75, 3.05) is 13.1 Å². The van der Waals surface area contributed by atoms with Crippen molar-refractivity contribution in [2.24, 2.45) is 0 Å². The highest BCUT2D eigenvalue weighted by Crippen LogP contribution is 1.99. The predicted octanol–water partition coefficient (Wildman–Crippen LogP) is 0.105. The highest BCUT2D eigenvalue weighted by atomic mass is 16.1. The molecule has 0 aromatic heterocycles. The molecule has 0 aromatic carbocycles. The lowest BCUT2D eigenvalue weighted by atomic mass is 10.2. The van der Waals surface area contributed by atoms with E-state index in [1.165, 1.54) is 0 Å². The minimum atomic E-state index is 0.243. The summed E-state index contributed by atoms with van der Waals surface area (Å²) < 4.78 is 0. The summed E-state index contributed by atoms with van der Waals surface area (Å²) in [5.74, 6) is 0.243.